The maximum atomic E-state index is 5.88. The van der Waals surface area contributed by atoms with Crippen LogP contribution in [0.25, 0.3) is 0 Å². The summed E-state index contributed by atoms with van der Waals surface area (Å²) in [6.45, 7) is 13.5. The summed E-state index contributed by atoms with van der Waals surface area (Å²) in [5, 5.41) is 0. The fourth-order valence-electron chi connectivity index (χ4n) is 4.60. The van der Waals surface area contributed by atoms with E-state index in [0.29, 0.717) is 25.0 Å². The van der Waals surface area contributed by atoms with Gasteiger partial charge in [-0.15, -0.1) is 0 Å². The van der Waals surface area contributed by atoms with E-state index in [-0.39, 0.29) is 23.3 Å². The fraction of sp³-hybridized carbons (Fsp3) is 0.630. The molecule has 1 aliphatic carbocycles. The lowest BCUT2D eigenvalue weighted by Crippen LogP contribution is -3.00. The van der Waals surface area contributed by atoms with E-state index in [4.69, 9.17) is 9.47 Å². The minimum atomic E-state index is 0. The quantitative estimate of drug-likeness (QED) is 0.330. The highest BCUT2D eigenvalue weighted by atomic mass is 35.5. The van der Waals surface area contributed by atoms with Crippen molar-refractivity contribution >= 4 is 0 Å². The van der Waals surface area contributed by atoms with Crippen molar-refractivity contribution in [3.05, 3.63) is 54.1 Å². The molecule has 0 spiro atoms. The molecule has 0 fully saturated rings. The molecule has 32 heavy (non-hydrogen) atoms. The normalized spacial score (nSPS) is 18.2. The molecule has 184 valence electrons. The summed E-state index contributed by atoms with van der Waals surface area (Å²) in [7, 11) is 4.68. The van der Waals surface area contributed by atoms with Crippen molar-refractivity contribution in [3.63, 3.8) is 0 Å². The zero-order valence-electron chi connectivity index (χ0n) is 21.1. The van der Waals surface area contributed by atoms with E-state index in [1.807, 2.05) is 30.3 Å². The van der Waals surface area contributed by atoms with Gasteiger partial charge in [-0.05, 0) is 43.2 Å². The van der Waals surface area contributed by atoms with Crippen LogP contribution in [0, 0.1) is 17.3 Å². The zero-order chi connectivity index (χ0) is 22.0. The fourth-order valence-corrected chi connectivity index (χ4v) is 4.60. The van der Waals surface area contributed by atoms with Gasteiger partial charge in [-0.3, -0.25) is 0 Å². The minimum Gasteiger partial charge on any atom is -1.00 e. The van der Waals surface area contributed by atoms with Gasteiger partial charge in [-0.2, -0.15) is 0 Å². The second kappa shape index (κ2) is 14.7. The standard InChI is InChI=1S/C27H44NO2.ClH.H2O/c1-23(2)20-25-12-14-27(15-13-25,21-24(3)4)22-28(5,6)16-17-29-18-19-30-26-10-8-7-9-11-26;;/h7-14,23-24H,15-22H2,1-6H3;1H;1H2/q+1;;/p-1. The largest absolute Gasteiger partial charge is 1.00 e. The molecule has 0 saturated carbocycles. The van der Waals surface area contributed by atoms with Crippen molar-refractivity contribution in [1.29, 1.82) is 0 Å². The van der Waals surface area contributed by atoms with Crippen LogP contribution < -0.4 is 17.1 Å². The molecule has 0 radical (unpaired) electrons. The Balaban J connectivity index is 0.00000480. The molecule has 4 nitrogen and oxygen atoms in total. The van der Waals surface area contributed by atoms with Gasteiger partial charge >= 0.3 is 0 Å². The van der Waals surface area contributed by atoms with E-state index < -0.39 is 0 Å². The number of hydrogen-bond donors (Lipinski definition) is 0. The van der Waals surface area contributed by atoms with Gasteiger partial charge in [-0.25, -0.2) is 0 Å². The number of hydrogen-bond acceptors (Lipinski definition) is 2. The number of ether oxygens (including phenoxy) is 2. The van der Waals surface area contributed by atoms with Crippen molar-refractivity contribution in [3.8, 4) is 5.75 Å². The SMILES string of the molecule is CC(C)CC1=CCC(CC(C)C)(C[N+](C)(C)CCOCCOc2ccccc2)C=C1.O.[Cl-]. The highest BCUT2D eigenvalue weighted by Gasteiger charge is 2.36. The number of quaternary nitrogens is 1. The second-order valence-electron chi connectivity index (χ2n) is 10.5. The maximum absolute atomic E-state index is 5.88. The third-order valence-corrected chi connectivity index (χ3v) is 5.70. The smallest absolute Gasteiger partial charge is 0.119 e. The Labute approximate surface area is 203 Å². The molecule has 0 aromatic heterocycles. The molecule has 0 heterocycles. The van der Waals surface area contributed by atoms with Gasteiger partial charge < -0.3 is 31.8 Å². The van der Waals surface area contributed by atoms with Crippen LogP contribution >= 0.6 is 0 Å². The lowest BCUT2D eigenvalue weighted by molar-refractivity contribution is -0.896. The molecule has 0 bridgehead atoms. The Kier molecular flexibility index (Phi) is 14.1. The lowest BCUT2D eigenvalue weighted by Gasteiger charge is -2.41. The summed E-state index contributed by atoms with van der Waals surface area (Å²) >= 11 is 0. The Morgan fingerprint density at radius 1 is 0.969 bits per heavy atom. The van der Waals surface area contributed by atoms with E-state index in [1.165, 1.54) is 18.4 Å². The van der Waals surface area contributed by atoms with Gasteiger partial charge in [0.25, 0.3) is 0 Å². The number of nitrogens with zero attached hydrogens (tertiary/aromatic N) is 1. The summed E-state index contributed by atoms with van der Waals surface area (Å²) in [6, 6.07) is 9.94. The van der Waals surface area contributed by atoms with Gasteiger partial charge in [-0.1, -0.05) is 69.7 Å². The summed E-state index contributed by atoms with van der Waals surface area (Å²) < 4.78 is 12.6. The predicted octanol–water partition coefficient (Wildman–Crippen LogP) is 2.30. The van der Waals surface area contributed by atoms with E-state index in [0.717, 1.165) is 36.3 Å². The molecule has 2 rings (SSSR count). The second-order valence-corrected chi connectivity index (χ2v) is 10.5. The average molecular weight is 468 g/mol. The molecule has 1 aliphatic rings. The van der Waals surface area contributed by atoms with Crippen molar-refractivity contribution in [1.82, 2.24) is 0 Å². The molecule has 5 heteroatoms. The number of benzene rings is 1. The van der Waals surface area contributed by atoms with Crippen LogP contribution in [-0.2, 0) is 4.74 Å². The van der Waals surface area contributed by atoms with Gasteiger partial charge in [0.2, 0.25) is 0 Å². The first-order valence-corrected chi connectivity index (χ1v) is 11.7. The summed E-state index contributed by atoms with van der Waals surface area (Å²) in [5.41, 5.74) is 1.77. The van der Waals surface area contributed by atoms with Crippen LogP contribution in [0.5, 0.6) is 5.75 Å². The third-order valence-electron chi connectivity index (χ3n) is 5.70. The number of allylic oxidation sites excluding steroid dienone is 3. The highest BCUT2D eigenvalue weighted by Crippen LogP contribution is 2.39. The minimum absolute atomic E-state index is 0. The molecular weight excluding hydrogens is 422 g/mol. The van der Waals surface area contributed by atoms with E-state index in [1.54, 1.807) is 0 Å². The molecule has 0 aliphatic heterocycles. The van der Waals surface area contributed by atoms with Crippen LogP contribution in [0.1, 0.15) is 47.0 Å². The Morgan fingerprint density at radius 2 is 1.66 bits per heavy atom. The van der Waals surface area contributed by atoms with E-state index in [2.05, 4.69) is 60.0 Å². The Morgan fingerprint density at radius 3 is 2.22 bits per heavy atom. The third kappa shape index (κ3) is 11.5. The van der Waals surface area contributed by atoms with Crippen molar-refractivity contribution in [2.24, 2.45) is 17.3 Å². The molecule has 2 N–H and O–H groups in total. The molecule has 1 aromatic rings. The number of rotatable bonds is 13. The van der Waals surface area contributed by atoms with Crippen LogP contribution in [-0.4, -0.2) is 57.0 Å². The highest BCUT2D eigenvalue weighted by molar-refractivity contribution is 5.27. The van der Waals surface area contributed by atoms with Crippen molar-refractivity contribution in [2.45, 2.75) is 47.0 Å². The first-order valence-electron chi connectivity index (χ1n) is 11.7. The molecule has 1 unspecified atom stereocenters. The zero-order valence-corrected chi connectivity index (χ0v) is 21.8. The number of likely N-dealkylation sites (N-methyl/N-ethyl adjacent to an activating group) is 1. The van der Waals surface area contributed by atoms with Crippen LogP contribution in [0.15, 0.2) is 54.1 Å². The van der Waals surface area contributed by atoms with E-state index in [9.17, 15) is 0 Å². The van der Waals surface area contributed by atoms with Gasteiger partial charge in [0, 0.05) is 5.41 Å². The first-order chi connectivity index (χ1) is 14.2. The van der Waals surface area contributed by atoms with Gasteiger partial charge in [0.15, 0.2) is 0 Å². The molecule has 1 aromatic carbocycles. The van der Waals surface area contributed by atoms with Crippen LogP contribution in [0.3, 0.4) is 0 Å². The van der Waals surface area contributed by atoms with Crippen molar-refractivity contribution in [2.75, 3.05) is 47.0 Å². The van der Waals surface area contributed by atoms with Crippen LogP contribution in [0.2, 0.25) is 0 Å². The Hall–Kier alpha value is -1.33. The van der Waals surface area contributed by atoms with Gasteiger partial charge in [0.05, 0.1) is 33.9 Å². The van der Waals surface area contributed by atoms with Gasteiger partial charge in [0.1, 0.15) is 18.9 Å². The monoisotopic (exact) mass is 467 g/mol. The molecular formula is C27H46ClNO3. The summed E-state index contributed by atoms with van der Waals surface area (Å²) in [4.78, 5) is 0. The average Bonchev–Trinajstić information content (AvgIpc) is 2.66. The maximum Gasteiger partial charge on any atom is 0.119 e. The summed E-state index contributed by atoms with van der Waals surface area (Å²) in [6.07, 6.45) is 11.0. The predicted molar refractivity (Wildman–Crippen MR) is 131 cm³/mol. The van der Waals surface area contributed by atoms with E-state index >= 15 is 0 Å². The Bertz CT molecular complexity index is 685. The number of halogens is 1. The lowest BCUT2D eigenvalue weighted by atomic mass is 9.73. The molecule has 0 saturated heterocycles. The topological polar surface area (TPSA) is 50.0 Å². The van der Waals surface area contributed by atoms with Crippen molar-refractivity contribution < 1.29 is 31.8 Å². The first kappa shape index (κ1) is 30.7. The van der Waals surface area contributed by atoms with Crippen LogP contribution in [0.4, 0.5) is 0 Å². The summed E-state index contributed by atoms with van der Waals surface area (Å²) in [5.74, 6) is 2.32. The number of para-hydroxylation sites is 1. The molecule has 1 atom stereocenters. The molecule has 0 amide bonds.